The molecule has 1 aliphatic rings. The molecule has 0 N–H and O–H groups in total. The fourth-order valence-corrected chi connectivity index (χ4v) is 6.08. The Labute approximate surface area is 225 Å². The van der Waals surface area contributed by atoms with Crippen LogP contribution in [0.2, 0.25) is 0 Å². The van der Waals surface area contributed by atoms with E-state index in [1.165, 1.54) is 16.7 Å². The van der Waals surface area contributed by atoms with Gasteiger partial charge in [0.15, 0.2) is 0 Å². The summed E-state index contributed by atoms with van der Waals surface area (Å²) in [5.41, 5.74) is 3.87. The van der Waals surface area contributed by atoms with Crippen LogP contribution in [-0.2, 0) is 4.74 Å². The van der Waals surface area contributed by atoms with Gasteiger partial charge in [-0.25, -0.2) is 0 Å². The van der Waals surface area contributed by atoms with Gasteiger partial charge in [-0.3, -0.25) is 9.80 Å². The standard InChI is InChI=1S/C34H46N2O/c1-25(26(2)31-16-10-7-11-17-31)24-36-29(5)27(3)35(28(4)30(36)6)22-23-37-34(32-18-12-8-13-19-32)33-20-14-9-15-21-33/h7-21,25-30,34H,22-24H2,1-6H3. The van der Waals surface area contributed by atoms with Crippen molar-refractivity contribution >= 4 is 0 Å². The lowest BCUT2D eigenvalue weighted by Crippen LogP contribution is -2.66. The molecule has 0 radical (unpaired) electrons. The van der Waals surface area contributed by atoms with E-state index < -0.39 is 0 Å². The van der Waals surface area contributed by atoms with Gasteiger partial charge in [-0.05, 0) is 56.2 Å². The molecule has 0 saturated carbocycles. The van der Waals surface area contributed by atoms with E-state index in [2.05, 4.69) is 142 Å². The van der Waals surface area contributed by atoms with Gasteiger partial charge in [0.05, 0.1) is 6.61 Å². The first kappa shape index (κ1) is 27.6. The highest BCUT2D eigenvalue weighted by Gasteiger charge is 2.40. The minimum absolute atomic E-state index is 0.0375. The van der Waals surface area contributed by atoms with Crippen molar-refractivity contribution in [3.63, 3.8) is 0 Å². The molecule has 1 heterocycles. The SMILES string of the molecule is CC(CN1C(C)C(C)N(CCOC(c2ccccc2)c2ccccc2)C(C)C1C)C(C)c1ccccc1. The molecule has 1 fully saturated rings. The molecular weight excluding hydrogens is 452 g/mol. The predicted octanol–water partition coefficient (Wildman–Crippen LogP) is 7.40. The number of hydrogen-bond donors (Lipinski definition) is 0. The Balaban J connectivity index is 1.39. The molecule has 3 nitrogen and oxygen atoms in total. The van der Waals surface area contributed by atoms with Crippen molar-refractivity contribution in [2.45, 2.75) is 77.7 Å². The molecule has 0 aromatic heterocycles. The first-order valence-corrected chi connectivity index (χ1v) is 14.2. The summed E-state index contributed by atoms with van der Waals surface area (Å²) in [6.45, 7) is 17.2. The molecule has 37 heavy (non-hydrogen) atoms. The van der Waals surface area contributed by atoms with Crippen LogP contribution in [0.25, 0.3) is 0 Å². The van der Waals surface area contributed by atoms with Crippen LogP contribution >= 0.6 is 0 Å². The largest absolute Gasteiger partial charge is 0.367 e. The van der Waals surface area contributed by atoms with E-state index >= 15 is 0 Å². The van der Waals surface area contributed by atoms with Crippen LogP contribution in [0, 0.1) is 5.92 Å². The van der Waals surface area contributed by atoms with E-state index in [-0.39, 0.29) is 6.10 Å². The Morgan fingerprint density at radius 3 is 1.46 bits per heavy atom. The zero-order chi connectivity index (χ0) is 26.4. The van der Waals surface area contributed by atoms with Crippen molar-refractivity contribution in [2.24, 2.45) is 5.92 Å². The van der Waals surface area contributed by atoms with E-state index in [0.717, 1.165) is 13.1 Å². The third-order valence-corrected chi connectivity index (χ3v) is 9.01. The summed E-state index contributed by atoms with van der Waals surface area (Å²) in [7, 11) is 0. The smallest absolute Gasteiger partial charge is 0.108 e. The van der Waals surface area contributed by atoms with E-state index in [9.17, 15) is 0 Å². The Hall–Kier alpha value is -2.46. The van der Waals surface area contributed by atoms with Gasteiger partial charge < -0.3 is 4.74 Å². The van der Waals surface area contributed by atoms with Gasteiger partial charge in [0.2, 0.25) is 0 Å². The second-order valence-corrected chi connectivity index (χ2v) is 11.1. The number of piperazine rings is 1. The van der Waals surface area contributed by atoms with Gasteiger partial charge in [0.1, 0.15) is 6.10 Å². The number of nitrogens with zero attached hydrogens (tertiary/aromatic N) is 2. The molecule has 1 saturated heterocycles. The van der Waals surface area contributed by atoms with Gasteiger partial charge in [0.25, 0.3) is 0 Å². The van der Waals surface area contributed by atoms with E-state index in [4.69, 9.17) is 4.74 Å². The molecule has 6 atom stereocenters. The van der Waals surface area contributed by atoms with Crippen molar-refractivity contribution < 1.29 is 4.74 Å². The zero-order valence-electron chi connectivity index (χ0n) is 23.6. The van der Waals surface area contributed by atoms with Crippen molar-refractivity contribution in [3.8, 4) is 0 Å². The summed E-state index contributed by atoms with van der Waals surface area (Å²) in [5, 5.41) is 0. The lowest BCUT2D eigenvalue weighted by molar-refractivity contribution is -0.0605. The van der Waals surface area contributed by atoms with Crippen LogP contribution < -0.4 is 0 Å². The summed E-state index contributed by atoms with van der Waals surface area (Å²) >= 11 is 0. The van der Waals surface area contributed by atoms with Gasteiger partial charge in [-0.1, -0.05) is 105 Å². The molecule has 6 unspecified atom stereocenters. The van der Waals surface area contributed by atoms with Gasteiger partial charge in [-0.15, -0.1) is 0 Å². The highest BCUT2D eigenvalue weighted by Crippen LogP contribution is 2.32. The summed E-state index contributed by atoms with van der Waals surface area (Å²) < 4.78 is 6.60. The van der Waals surface area contributed by atoms with Gasteiger partial charge >= 0.3 is 0 Å². The average molecular weight is 499 g/mol. The van der Waals surface area contributed by atoms with Crippen molar-refractivity contribution in [2.75, 3.05) is 19.7 Å². The molecule has 0 bridgehead atoms. The van der Waals surface area contributed by atoms with Crippen LogP contribution in [0.15, 0.2) is 91.0 Å². The minimum Gasteiger partial charge on any atom is -0.367 e. The molecule has 3 aromatic rings. The number of rotatable bonds is 10. The Morgan fingerprint density at radius 2 is 1.00 bits per heavy atom. The third kappa shape index (κ3) is 6.52. The Bertz CT molecular complexity index is 1000. The number of ether oxygens (including phenoxy) is 1. The lowest BCUT2D eigenvalue weighted by Gasteiger charge is -2.53. The maximum Gasteiger partial charge on any atom is 0.108 e. The Morgan fingerprint density at radius 1 is 0.595 bits per heavy atom. The van der Waals surface area contributed by atoms with Gasteiger partial charge in [0, 0.05) is 37.3 Å². The molecule has 1 aliphatic heterocycles. The number of benzene rings is 3. The molecule has 0 aliphatic carbocycles. The van der Waals surface area contributed by atoms with E-state index in [1.807, 2.05) is 0 Å². The summed E-state index contributed by atoms with van der Waals surface area (Å²) in [5.74, 6) is 1.14. The topological polar surface area (TPSA) is 15.7 Å². The fraction of sp³-hybridized carbons (Fsp3) is 0.471. The first-order valence-electron chi connectivity index (χ1n) is 14.2. The molecule has 3 aromatic carbocycles. The van der Waals surface area contributed by atoms with Crippen LogP contribution in [0.5, 0.6) is 0 Å². The maximum atomic E-state index is 6.60. The molecule has 0 amide bonds. The van der Waals surface area contributed by atoms with Crippen molar-refractivity contribution in [3.05, 3.63) is 108 Å². The maximum absolute atomic E-state index is 6.60. The summed E-state index contributed by atoms with van der Waals surface area (Å²) in [6, 6.07) is 34.1. The zero-order valence-corrected chi connectivity index (χ0v) is 23.6. The lowest BCUT2D eigenvalue weighted by atomic mass is 9.86. The van der Waals surface area contributed by atoms with E-state index in [1.54, 1.807) is 0 Å². The average Bonchev–Trinajstić information content (AvgIpc) is 2.95. The van der Waals surface area contributed by atoms with Crippen LogP contribution in [0.3, 0.4) is 0 Å². The monoisotopic (exact) mass is 498 g/mol. The minimum atomic E-state index is -0.0375. The van der Waals surface area contributed by atoms with Crippen LogP contribution in [0.1, 0.15) is 70.3 Å². The second kappa shape index (κ2) is 12.9. The van der Waals surface area contributed by atoms with Crippen molar-refractivity contribution in [1.29, 1.82) is 0 Å². The quantitative estimate of drug-likeness (QED) is 0.290. The first-order chi connectivity index (χ1) is 17.9. The highest BCUT2D eigenvalue weighted by molar-refractivity contribution is 5.30. The van der Waals surface area contributed by atoms with Crippen LogP contribution in [-0.4, -0.2) is 53.7 Å². The molecule has 3 heteroatoms. The summed E-state index contributed by atoms with van der Waals surface area (Å²) in [6.07, 6.45) is -0.0375. The summed E-state index contributed by atoms with van der Waals surface area (Å²) in [4.78, 5) is 5.43. The van der Waals surface area contributed by atoms with Crippen LogP contribution in [0.4, 0.5) is 0 Å². The predicted molar refractivity (Wildman–Crippen MR) is 156 cm³/mol. The normalized spacial score (nSPS) is 24.7. The highest BCUT2D eigenvalue weighted by atomic mass is 16.5. The fourth-order valence-electron chi connectivity index (χ4n) is 6.08. The molecule has 0 spiro atoms. The molecule has 4 rings (SSSR count). The van der Waals surface area contributed by atoms with Crippen molar-refractivity contribution in [1.82, 2.24) is 9.80 Å². The molecule has 198 valence electrons. The second-order valence-electron chi connectivity index (χ2n) is 11.1. The number of hydrogen-bond acceptors (Lipinski definition) is 3. The Kier molecular flexibility index (Phi) is 9.59. The van der Waals surface area contributed by atoms with E-state index in [0.29, 0.717) is 42.6 Å². The molecular formula is C34H46N2O. The van der Waals surface area contributed by atoms with Gasteiger partial charge in [-0.2, -0.15) is 0 Å². The third-order valence-electron chi connectivity index (χ3n) is 9.01.